The quantitative estimate of drug-likeness (QED) is 0.232. The lowest BCUT2D eigenvalue weighted by Gasteiger charge is -2.36. The van der Waals surface area contributed by atoms with Gasteiger partial charge in [0.1, 0.15) is 23.7 Å². The Labute approximate surface area is 245 Å². The predicted octanol–water partition coefficient (Wildman–Crippen LogP) is 4.99. The third-order valence-corrected chi connectivity index (χ3v) is 6.94. The molecule has 4 N–H and O–H groups in total. The first-order valence-electron chi connectivity index (χ1n) is 13.3. The monoisotopic (exact) mass is 584 g/mol. The van der Waals surface area contributed by atoms with Crippen molar-refractivity contribution in [2.45, 2.75) is 24.9 Å². The molecule has 1 heterocycles. The fraction of sp³-hybridized carbons (Fsp3) is 0.125. The van der Waals surface area contributed by atoms with Gasteiger partial charge in [-0.05, 0) is 41.5 Å². The Morgan fingerprint density at radius 3 is 2.21 bits per heavy atom. The minimum atomic E-state index is -1.22. The first kappa shape index (κ1) is 28.9. The van der Waals surface area contributed by atoms with Crippen molar-refractivity contribution in [1.29, 1.82) is 0 Å². The molecule has 9 nitrogen and oxygen atoms in total. The minimum Gasteiger partial charge on any atom is -0.480 e. The van der Waals surface area contributed by atoms with Crippen LogP contribution in [0.2, 0.25) is 0 Å². The van der Waals surface area contributed by atoms with Crippen LogP contribution >= 0.6 is 0 Å². The second kappa shape index (κ2) is 12.5. The van der Waals surface area contributed by atoms with Gasteiger partial charge in [-0.25, -0.2) is 18.4 Å². The molecule has 0 fully saturated rings. The van der Waals surface area contributed by atoms with E-state index in [1.165, 1.54) is 18.2 Å². The lowest BCUT2D eigenvalue weighted by Crippen LogP contribution is -2.53. The molecule has 4 amide bonds. The van der Waals surface area contributed by atoms with Crippen LogP contribution in [0.15, 0.2) is 97.1 Å². The normalized spacial score (nSPS) is 14.7. The molecular weight excluding hydrogens is 558 g/mol. The number of nitrogens with one attached hydrogen (secondary N) is 3. The molecule has 11 heteroatoms. The molecule has 0 bridgehead atoms. The number of carbonyl (C=O) groups excluding carboxylic acids is 3. The molecule has 0 aromatic heterocycles. The number of benzene rings is 4. The standard InChI is InChI=1S/C32H26F2N4O5/c33-22-12-13-24(23(34)18-22)37-32(43)38-27-14-11-21(29(39)36-26(31(41)42)15-19-7-3-1-4-8-19)17-25(27)35-30(40)28(38)16-20-9-5-2-6-10-20/h1-14,17-18,26,28H,15-16H2,(H,35,40)(H,36,39)(H,37,43)(H,41,42). The largest absolute Gasteiger partial charge is 0.480 e. The molecule has 0 spiro atoms. The third kappa shape index (κ3) is 6.67. The number of aliphatic carboxylic acids is 1. The highest BCUT2D eigenvalue weighted by atomic mass is 19.1. The van der Waals surface area contributed by atoms with E-state index in [0.717, 1.165) is 28.2 Å². The predicted molar refractivity (Wildman–Crippen MR) is 156 cm³/mol. The van der Waals surface area contributed by atoms with Gasteiger partial charge in [-0.2, -0.15) is 0 Å². The number of carbonyl (C=O) groups is 4. The number of hydrogen-bond acceptors (Lipinski definition) is 4. The molecule has 0 saturated heterocycles. The van der Waals surface area contributed by atoms with E-state index < -0.39 is 47.5 Å². The number of hydrogen-bond donors (Lipinski definition) is 4. The van der Waals surface area contributed by atoms with Gasteiger partial charge in [0.05, 0.1) is 17.1 Å². The average molecular weight is 585 g/mol. The van der Waals surface area contributed by atoms with Crippen molar-refractivity contribution in [2.24, 2.45) is 0 Å². The van der Waals surface area contributed by atoms with Gasteiger partial charge in [0.2, 0.25) is 5.91 Å². The summed E-state index contributed by atoms with van der Waals surface area (Å²) in [6.45, 7) is 0. The summed E-state index contributed by atoms with van der Waals surface area (Å²) in [5, 5.41) is 17.3. The van der Waals surface area contributed by atoms with Gasteiger partial charge in [-0.3, -0.25) is 14.5 Å². The molecule has 1 aliphatic rings. The lowest BCUT2D eigenvalue weighted by atomic mass is 9.99. The zero-order chi connectivity index (χ0) is 30.5. The van der Waals surface area contributed by atoms with Gasteiger partial charge in [0.15, 0.2) is 0 Å². The maximum absolute atomic E-state index is 14.4. The van der Waals surface area contributed by atoms with Gasteiger partial charge < -0.3 is 21.1 Å². The molecule has 2 unspecified atom stereocenters. The Morgan fingerprint density at radius 1 is 0.884 bits per heavy atom. The molecule has 0 radical (unpaired) electrons. The van der Waals surface area contributed by atoms with Crippen LogP contribution in [-0.2, 0) is 22.4 Å². The van der Waals surface area contributed by atoms with Gasteiger partial charge in [-0.1, -0.05) is 60.7 Å². The van der Waals surface area contributed by atoms with Crippen LogP contribution < -0.4 is 20.9 Å². The number of fused-ring (bicyclic) bond motifs is 1. The molecular formula is C32H26F2N4O5. The second-order valence-corrected chi connectivity index (χ2v) is 9.91. The van der Waals surface area contributed by atoms with Crippen molar-refractivity contribution in [3.63, 3.8) is 0 Å². The Morgan fingerprint density at radius 2 is 1.56 bits per heavy atom. The van der Waals surface area contributed by atoms with Crippen molar-refractivity contribution < 1.29 is 33.1 Å². The molecule has 218 valence electrons. The van der Waals surface area contributed by atoms with Gasteiger partial charge in [-0.15, -0.1) is 0 Å². The number of carboxylic acid groups (broad SMARTS) is 1. The van der Waals surface area contributed by atoms with Crippen molar-refractivity contribution in [1.82, 2.24) is 5.32 Å². The molecule has 2 atom stereocenters. The maximum atomic E-state index is 14.4. The first-order valence-corrected chi connectivity index (χ1v) is 13.3. The zero-order valence-electron chi connectivity index (χ0n) is 22.6. The van der Waals surface area contributed by atoms with E-state index in [0.29, 0.717) is 6.07 Å². The summed E-state index contributed by atoms with van der Waals surface area (Å²) in [5.41, 5.74) is 1.57. The van der Waals surface area contributed by atoms with Crippen molar-refractivity contribution in [3.8, 4) is 0 Å². The van der Waals surface area contributed by atoms with E-state index in [9.17, 15) is 33.1 Å². The van der Waals surface area contributed by atoms with E-state index in [1.807, 2.05) is 6.07 Å². The van der Waals surface area contributed by atoms with E-state index in [2.05, 4.69) is 16.0 Å². The van der Waals surface area contributed by atoms with E-state index in [4.69, 9.17) is 0 Å². The summed E-state index contributed by atoms with van der Waals surface area (Å²) in [4.78, 5) is 53.0. The molecule has 5 rings (SSSR count). The SMILES string of the molecule is O=C(NC(Cc1ccccc1)C(=O)O)c1ccc2c(c1)NC(=O)C(Cc1ccccc1)N2C(=O)Nc1ccc(F)cc1F. The van der Waals surface area contributed by atoms with Crippen LogP contribution in [0.4, 0.5) is 30.6 Å². The number of anilines is 3. The lowest BCUT2D eigenvalue weighted by molar-refractivity contribution is -0.139. The topological polar surface area (TPSA) is 128 Å². The third-order valence-electron chi connectivity index (χ3n) is 6.94. The van der Waals surface area contributed by atoms with E-state index in [-0.39, 0.29) is 35.5 Å². The molecule has 4 aromatic rings. The van der Waals surface area contributed by atoms with Crippen LogP contribution in [0.25, 0.3) is 0 Å². The van der Waals surface area contributed by atoms with Crippen LogP contribution in [0, 0.1) is 11.6 Å². The van der Waals surface area contributed by atoms with Crippen molar-refractivity contribution >= 4 is 40.9 Å². The Hall–Kier alpha value is -5.58. The number of urea groups is 1. The average Bonchev–Trinajstić information content (AvgIpc) is 2.99. The number of halogens is 2. The molecule has 0 aliphatic carbocycles. The minimum absolute atomic E-state index is 0.0461. The molecule has 1 aliphatic heterocycles. The highest BCUT2D eigenvalue weighted by molar-refractivity contribution is 6.15. The summed E-state index contributed by atoms with van der Waals surface area (Å²) >= 11 is 0. The van der Waals surface area contributed by atoms with Gasteiger partial charge in [0.25, 0.3) is 5.91 Å². The first-order chi connectivity index (χ1) is 20.7. The molecule has 43 heavy (non-hydrogen) atoms. The second-order valence-electron chi connectivity index (χ2n) is 9.91. The fourth-order valence-corrected chi connectivity index (χ4v) is 4.82. The summed E-state index contributed by atoms with van der Waals surface area (Å²) in [6, 6.07) is 21.5. The van der Waals surface area contributed by atoms with Crippen molar-refractivity contribution in [3.05, 3.63) is 125 Å². The number of nitrogens with zero attached hydrogens (tertiary/aromatic N) is 1. The fourth-order valence-electron chi connectivity index (χ4n) is 4.82. The Kier molecular flexibility index (Phi) is 8.42. The number of amides is 4. The molecule has 0 saturated carbocycles. The van der Waals surface area contributed by atoms with Crippen LogP contribution in [0.1, 0.15) is 21.5 Å². The van der Waals surface area contributed by atoms with Crippen LogP contribution in [-0.4, -0.2) is 41.0 Å². The number of carboxylic acids is 1. The van der Waals surface area contributed by atoms with E-state index >= 15 is 0 Å². The summed E-state index contributed by atoms with van der Waals surface area (Å²) in [6.07, 6.45) is 0.173. The summed E-state index contributed by atoms with van der Waals surface area (Å²) < 4.78 is 27.8. The van der Waals surface area contributed by atoms with Crippen molar-refractivity contribution in [2.75, 3.05) is 15.5 Å². The molecule has 4 aromatic carbocycles. The van der Waals surface area contributed by atoms with Crippen LogP contribution in [0.5, 0.6) is 0 Å². The number of rotatable bonds is 8. The Balaban J connectivity index is 1.44. The van der Waals surface area contributed by atoms with Gasteiger partial charge in [0, 0.05) is 24.5 Å². The smallest absolute Gasteiger partial charge is 0.327 e. The van der Waals surface area contributed by atoms with Gasteiger partial charge >= 0.3 is 12.0 Å². The summed E-state index contributed by atoms with van der Waals surface area (Å²) in [5.74, 6) is -4.29. The highest BCUT2D eigenvalue weighted by Crippen LogP contribution is 2.35. The van der Waals surface area contributed by atoms with Crippen LogP contribution in [0.3, 0.4) is 0 Å². The summed E-state index contributed by atoms with van der Waals surface area (Å²) in [7, 11) is 0. The zero-order valence-corrected chi connectivity index (χ0v) is 22.6. The van der Waals surface area contributed by atoms with E-state index in [1.54, 1.807) is 54.6 Å². The maximum Gasteiger partial charge on any atom is 0.327 e. The highest BCUT2D eigenvalue weighted by Gasteiger charge is 2.38. The Bertz CT molecular complexity index is 1680.